The molecule has 0 saturated carbocycles. The molecule has 1 aromatic rings. The van der Waals surface area contributed by atoms with Crippen LogP contribution in [0.2, 0.25) is 0 Å². The molecule has 0 saturated heterocycles. The lowest BCUT2D eigenvalue weighted by atomic mass is 10.2. The molecule has 5 heteroatoms. The summed E-state index contributed by atoms with van der Waals surface area (Å²) in [6.45, 7) is 2.47. The normalized spacial score (nSPS) is 12.6. The van der Waals surface area contributed by atoms with Crippen LogP contribution in [0.3, 0.4) is 0 Å². The predicted octanol–water partition coefficient (Wildman–Crippen LogP) is 3.56. The molecule has 0 aliphatic heterocycles. The van der Waals surface area contributed by atoms with Crippen LogP contribution < -0.4 is 5.32 Å². The Labute approximate surface area is 102 Å². The van der Waals surface area contributed by atoms with Gasteiger partial charge in [-0.3, -0.25) is 0 Å². The van der Waals surface area contributed by atoms with Crippen molar-refractivity contribution in [3.8, 4) is 0 Å². The largest absolute Gasteiger partial charge is 0.385 e. The van der Waals surface area contributed by atoms with E-state index in [1.165, 1.54) is 0 Å². The van der Waals surface area contributed by atoms with E-state index >= 15 is 0 Å². The lowest BCUT2D eigenvalue weighted by Crippen LogP contribution is -2.18. The third-order valence-corrected chi connectivity index (χ3v) is 2.77. The zero-order chi connectivity index (χ0) is 12.1. The minimum absolute atomic E-state index is 0.0232. The van der Waals surface area contributed by atoms with E-state index in [0.29, 0.717) is 6.61 Å². The molecule has 0 bridgehead atoms. The summed E-state index contributed by atoms with van der Waals surface area (Å²) in [6, 6.07) is 2.28. The molecule has 0 fully saturated rings. The van der Waals surface area contributed by atoms with Crippen molar-refractivity contribution in [2.75, 3.05) is 19.0 Å². The van der Waals surface area contributed by atoms with Crippen LogP contribution in [0.4, 0.5) is 14.5 Å². The van der Waals surface area contributed by atoms with E-state index in [9.17, 15) is 8.78 Å². The second kappa shape index (κ2) is 6.15. The molecule has 1 aromatic carbocycles. The average Bonchev–Trinajstić information content (AvgIpc) is 2.23. The third-order valence-electron chi connectivity index (χ3n) is 2.17. The van der Waals surface area contributed by atoms with Crippen molar-refractivity contribution < 1.29 is 13.5 Å². The molecule has 1 rings (SSSR count). The molecule has 0 aromatic heterocycles. The van der Waals surface area contributed by atoms with Crippen molar-refractivity contribution in [1.29, 1.82) is 0 Å². The molecule has 16 heavy (non-hydrogen) atoms. The Morgan fingerprint density at radius 1 is 1.38 bits per heavy atom. The standard InChI is InChI=1S/C11H14BrF2NO/c1-7(3-4-16-2)15-11-6-9(13)8(12)5-10(11)14/h5-7,15H,3-4H2,1-2H3. The number of rotatable bonds is 5. The van der Waals surface area contributed by atoms with Gasteiger partial charge in [-0.1, -0.05) is 0 Å². The quantitative estimate of drug-likeness (QED) is 0.838. The van der Waals surface area contributed by atoms with Gasteiger partial charge in [-0.2, -0.15) is 0 Å². The molecule has 0 heterocycles. The minimum atomic E-state index is -0.483. The highest BCUT2D eigenvalue weighted by Gasteiger charge is 2.10. The van der Waals surface area contributed by atoms with Crippen molar-refractivity contribution in [3.05, 3.63) is 28.2 Å². The van der Waals surface area contributed by atoms with Gasteiger partial charge >= 0.3 is 0 Å². The summed E-state index contributed by atoms with van der Waals surface area (Å²) >= 11 is 2.93. The van der Waals surface area contributed by atoms with Crippen molar-refractivity contribution in [3.63, 3.8) is 0 Å². The van der Waals surface area contributed by atoms with Gasteiger partial charge in [-0.05, 0) is 35.3 Å². The van der Waals surface area contributed by atoms with Crippen molar-refractivity contribution in [2.45, 2.75) is 19.4 Å². The fourth-order valence-corrected chi connectivity index (χ4v) is 1.58. The van der Waals surface area contributed by atoms with Gasteiger partial charge in [0.2, 0.25) is 0 Å². The summed E-state index contributed by atoms with van der Waals surface area (Å²) in [5.74, 6) is -0.958. The van der Waals surface area contributed by atoms with Crippen LogP contribution in [0.15, 0.2) is 16.6 Å². The summed E-state index contributed by atoms with van der Waals surface area (Å²) in [7, 11) is 1.60. The van der Waals surface area contributed by atoms with Gasteiger partial charge in [0.05, 0.1) is 10.2 Å². The van der Waals surface area contributed by atoms with Gasteiger partial charge in [0, 0.05) is 25.8 Å². The molecule has 0 radical (unpaired) electrons. The molecule has 2 nitrogen and oxygen atoms in total. The molecule has 1 atom stereocenters. The monoisotopic (exact) mass is 293 g/mol. The van der Waals surface area contributed by atoms with Gasteiger partial charge in [0.15, 0.2) is 0 Å². The Kier molecular flexibility index (Phi) is 5.15. The highest BCUT2D eigenvalue weighted by molar-refractivity contribution is 9.10. The first-order valence-corrected chi connectivity index (χ1v) is 5.74. The number of halogens is 3. The number of ether oxygens (including phenoxy) is 1. The van der Waals surface area contributed by atoms with E-state index in [1.54, 1.807) is 7.11 Å². The zero-order valence-corrected chi connectivity index (χ0v) is 10.8. The lowest BCUT2D eigenvalue weighted by molar-refractivity contribution is 0.191. The first-order valence-electron chi connectivity index (χ1n) is 4.94. The van der Waals surface area contributed by atoms with Gasteiger partial charge in [0.1, 0.15) is 11.6 Å². The van der Waals surface area contributed by atoms with Gasteiger partial charge in [-0.15, -0.1) is 0 Å². The van der Waals surface area contributed by atoms with Crippen LogP contribution in [0, 0.1) is 11.6 Å². The third kappa shape index (κ3) is 3.72. The Balaban J connectivity index is 2.69. The topological polar surface area (TPSA) is 21.3 Å². The van der Waals surface area contributed by atoms with E-state index in [4.69, 9.17) is 4.74 Å². The van der Waals surface area contributed by atoms with Gasteiger partial charge in [-0.25, -0.2) is 8.78 Å². The number of nitrogens with one attached hydrogen (secondary N) is 1. The summed E-state index contributed by atoms with van der Waals surface area (Å²) < 4.78 is 31.6. The van der Waals surface area contributed by atoms with E-state index in [2.05, 4.69) is 21.2 Å². The molecule has 0 aliphatic carbocycles. The number of hydrogen-bond acceptors (Lipinski definition) is 2. The molecule has 1 N–H and O–H groups in total. The lowest BCUT2D eigenvalue weighted by Gasteiger charge is -2.15. The van der Waals surface area contributed by atoms with Crippen molar-refractivity contribution >= 4 is 21.6 Å². The van der Waals surface area contributed by atoms with Gasteiger partial charge in [0.25, 0.3) is 0 Å². The Morgan fingerprint density at radius 2 is 2.06 bits per heavy atom. The zero-order valence-electron chi connectivity index (χ0n) is 9.19. The minimum Gasteiger partial charge on any atom is -0.385 e. The summed E-state index contributed by atoms with van der Waals surface area (Å²) in [6.07, 6.45) is 0.730. The molecule has 90 valence electrons. The van der Waals surface area contributed by atoms with Gasteiger partial charge < -0.3 is 10.1 Å². The molecule has 0 amide bonds. The van der Waals surface area contributed by atoms with Crippen molar-refractivity contribution in [2.24, 2.45) is 0 Å². The maximum atomic E-state index is 13.4. The van der Waals surface area contributed by atoms with Crippen LogP contribution in [0.25, 0.3) is 0 Å². The average molecular weight is 294 g/mol. The number of hydrogen-bond donors (Lipinski definition) is 1. The van der Waals surface area contributed by atoms with E-state index in [1.807, 2.05) is 6.92 Å². The summed E-state index contributed by atoms with van der Waals surface area (Å²) in [5, 5.41) is 2.90. The smallest absolute Gasteiger partial charge is 0.147 e. The Bertz CT molecular complexity index is 360. The van der Waals surface area contributed by atoms with Crippen LogP contribution in [0.1, 0.15) is 13.3 Å². The van der Waals surface area contributed by atoms with Crippen LogP contribution in [-0.2, 0) is 4.74 Å². The molecular formula is C11H14BrF2NO. The number of anilines is 1. The maximum Gasteiger partial charge on any atom is 0.147 e. The van der Waals surface area contributed by atoms with E-state index in [-0.39, 0.29) is 16.2 Å². The molecule has 1 unspecified atom stereocenters. The highest BCUT2D eigenvalue weighted by Crippen LogP contribution is 2.24. The molecule has 0 spiro atoms. The fourth-order valence-electron chi connectivity index (χ4n) is 1.27. The Morgan fingerprint density at radius 3 is 2.69 bits per heavy atom. The number of benzene rings is 1. The van der Waals surface area contributed by atoms with E-state index < -0.39 is 11.6 Å². The fraction of sp³-hybridized carbons (Fsp3) is 0.455. The predicted molar refractivity (Wildman–Crippen MR) is 63.6 cm³/mol. The van der Waals surface area contributed by atoms with Crippen LogP contribution >= 0.6 is 15.9 Å². The molecule has 0 aliphatic rings. The Hall–Kier alpha value is -0.680. The SMILES string of the molecule is COCCC(C)Nc1cc(F)c(Br)cc1F. The van der Waals surface area contributed by atoms with E-state index in [0.717, 1.165) is 18.6 Å². The summed E-state index contributed by atoms with van der Waals surface area (Å²) in [5.41, 5.74) is 0.171. The van der Waals surface area contributed by atoms with Crippen LogP contribution in [0.5, 0.6) is 0 Å². The van der Waals surface area contributed by atoms with Crippen LogP contribution in [-0.4, -0.2) is 19.8 Å². The number of methoxy groups -OCH3 is 1. The summed E-state index contributed by atoms with van der Waals surface area (Å²) in [4.78, 5) is 0. The maximum absolute atomic E-state index is 13.4. The second-order valence-corrected chi connectivity index (χ2v) is 4.43. The second-order valence-electron chi connectivity index (χ2n) is 3.57. The molecular weight excluding hydrogens is 280 g/mol. The first-order chi connectivity index (χ1) is 7.54. The first kappa shape index (κ1) is 13.4. The highest BCUT2D eigenvalue weighted by atomic mass is 79.9. The van der Waals surface area contributed by atoms with Crippen molar-refractivity contribution in [1.82, 2.24) is 0 Å².